The van der Waals surface area contributed by atoms with Crippen molar-refractivity contribution in [3.63, 3.8) is 0 Å². The first-order valence-corrected chi connectivity index (χ1v) is 10.3. The summed E-state index contributed by atoms with van der Waals surface area (Å²) in [5.41, 5.74) is 5.55. The van der Waals surface area contributed by atoms with E-state index in [1.807, 2.05) is 20.8 Å². The second-order valence-corrected chi connectivity index (χ2v) is 8.44. The van der Waals surface area contributed by atoms with Gasteiger partial charge in [0.1, 0.15) is 17.1 Å². The number of aryl methyl sites for hydroxylation is 1. The quantitative estimate of drug-likeness (QED) is 0.523. The lowest BCUT2D eigenvalue weighted by atomic mass is 9.80. The van der Waals surface area contributed by atoms with E-state index in [4.69, 9.17) is 18.9 Å². The molecule has 162 valence electrons. The van der Waals surface area contributed by atoms with Gasteiger partial charge in [-0.1, -0.05) is 6.08 Å². The third kappa shape index (κ3) is 3.67. The van der Waals surface area contributed by atoms with E-state index in [1.54, 1.807) is 19.2 Å². The van der Waals surface area contributed by atoms with Gasteiger partial charge in [-0.15, -0.1) is 0 Å². The average molecular weight is 422 g/mol. The molecule has 1 aliphatic heterocycles. The van der Waals surface area contributed by atoms with Crippen LogP contribution in [0.15, 0.2) is 18.2 Å². The molecule has 0 unspecified atom stereocenters. The minimum absolute atomic E-state index is 0.208. The maximum Gasteiger partial charge on any atom is 0.308 e. The number of hydrogen-bond acceptors (Lipinski definition) is 6. The maximum absolute atomic E-state index is 11.7. The summed E-state index contributed by atoms with van der Waals surface area (Å²) in [5.74, 6) is 1.05. The Morgan fingerprint density at radius 3 is 2.29 bits per heavy atom. The molecule has 0 atom stereocenters. The molecule has 0 amide bonds. The van der Waals surface area contributed by atoms with Crippen LogP contribution in [-0.2, 0) is 22.4 Å². The summed E-state index contributed by atoms with van der Waals surface area (Å²) < 4.78 is 22.8. The molecule has 2 aromatic carbocycles. The van der Waals surface area contributed by atoms with Gasteiger partial charge in [-0.25, -0.2) is 0 Å². The molecule has 0 saturated heterocycles. The van der Waals surface area contributed by atoms with E-state index in [-0.39, 0.29) is 11.5 Å². The monoisotopic (exact) mass is 422 g/mol. The highest BCUT2D eigenvalue weighted by Crippen LogP contribution is 2.52. The number of esters is 2. The smallest absolute Gasteiger partial charge is 0.308 e. The molecule has 0 N–H and O–H groups in total. The van der Waals surface area contributed by atoms with Crippen molar-refractivity contribution in [2.75, 3.05) is 7.11 Å². The molecule has 0 radical (unpaired) electrons. The predicted octanol–water partition coefficient (Wildman–Crippen LogP) is 4.80. The number of rotatable bonds is 3. The van der Waals surface area contributed by atoms with E-state index in [9.17, 15) is 9.59 Å². The molecule has 1 aliphatic carbocycles. The van der Waals surface area contributed by atoms with Gasteiger partial charge in [0, 0.05) is 30.5 Å². The first-order valence-electron chi connectivity index (χ1n) is 10.3. The summed E-state index contributed by atoms with van der Waals surface area (Å²) in [6, 6.07) is 3.54. The van der Waals surface area contributed by atoms with E-state index < -0.39 is 17.5 Å². The fourth-order valence-corrected chi connectivity index (χ4v) is 4.36. The van der Waals surface area contributed by atoms with Gasteiger partial charge in [0.2, 0.25) is 0 Å². The Hall–Kier alpha value is -3.28. The van der Waals surface area contributed by atoms with Crippen LogP contribution in [0, 0.1) is 6.92 Å². The van der Waals surface area contributed by atoms with Crippen molar-refractivity contribution in [2.24, 2.45) is 0 Å². The topological polar surface area (TPSA) is 71.1 Å². The Kier molecular flexibility index (Phi) is 5.04. The summed E-state index contributed by atoms with van der Waals surface area (Å²) in [7, 11) is 1.65. The number of carbonyl (C=O) groups excluding carboxylic acids is 2. The standard InChI is InChI=1S/C25H26O6/c1-13-23-18(9-10-25(4,5)31-23)17-8-7-16-11-20(29-14(2)26)21(30-15(3)27)12-19(16)22(17)24(13)28-6/h9-12H,7-8H2,1-6H3. The maximum atomic E-state index is 11.7. The van der Waals surface area contributed by atoms with Crippen molar-refractivity contribution < 1.29 is 28.5 Å². The highest BCUT2D eigenvalue weighted by atomic mass is 16.6. The SMILES string of the molecule is COc1c(C)c2c(c3c1-c1cc(OC(C)=O)c(OC(C)=O)cc1CC3)C=CC(C)(C)O2. The number of fused-ring (bicyclic) bond motifs is 5. The zero-order valence-electron chi connectivity index (χ0n) is 18.7. The summed E-state index contributed by atoms with van der Waals surface area (Å²) >= 11 is 0. The fourth-order valence-electron chi connectivity index (χ4n) is 4.36. The van der Waals surface area contributed by atoms with Crippen LogP contribution in [0.2, 0.25) is 0 Å². The number of ether oxygens (including phenoxy) is 4. The minimum Gasteiger partial charge on any atom is -0.496 e. The van der Waals surface area contributed by atoms with Crippen LogP contribution < -0.4 is 18.9 Å². The van der Waals surface area contributed by atoms with E-state index in [0.717, 1.165) is 57.7 Å². The molecular weight excluding hydrogens is 396 g/mol. The third-order valence-corrected chi connectivity index (χ3v) is 5.59. The van der Waals surface area contributed by atoms with Gasteiger partial charge in [0.25, 0.3) is 0 Å². The second kappa shape index (κ2) is 7.45. The van der Waals surface area contributed by atoms with Crippen LogP contribution in [-0.4, -0.2) is 24.6 Å². The van der Waals surface area contributed by atoms with Crippen molar-refractivity contribution in [3.8, 4) is 34.1 Å². The van der Waals surface area contributed by atoms with Gasteiger partial charge < -0.3 is 18.9 Å². The van der Waals surface area contributed by atoms with E-state index in [1.165, 1.54) is 13.8 Å². The largest absolute Gasteiger partial charge is 0.496 e. The molecule has 2 aliphatic rings. The van der Waals surface area contributed by atoms with Crippen LogP contribution in [0.25, 0.3) is 17.2 Å². The molecule has 0 fully saturated rings. The first kappa shape index (κ1) is 21.0. The van der Waals surface area contributed by atoms with Gasteiger partial charge in [-0.05, 0) is 68.5 Å². The highest BCUT2D eigenvalue weighted by Gasteiger charge is 2.33. The molecule has 2 aromatic rings. The summed E-state index contributed by atoms with van der Waals surface area (Å²) in [5, 5.41) is 0. The van der Waals surface area contributed by atoms with Crippen molar-refractivity contribution >= 4 is 18.0 Å². The van der Waals surface area contributed by atoms with Gasteiger partial charge >= 0.3 is 11.9 Å². The number of carbonyl (C=O) groups is 2. The zero-order valence-corrected chi connectivity index (χ0v) is 18.7. The molecule has 6 heteroatoms. The Morgan fingerprint density at radius 2 is 1.68 bits per heavy atom. The number of methoxy groups -OCH3 is 1. The van der Waals surface area contributed by atoms with Crippen molar-refractivity contribution in [1.29, 1.82) is 0 Å². The normalized spacial score (nSPS) is 15.2. The Bertz CT molecular complexity index is 1140. The van der Waals surface area contributed by atoms with Gasteiger partial charge in [-0.2, -0.15) is 0 Å². The van der Waals surface area contributed by atoms with Crippen molar-refractivity contribution in [2.45, 2.75) is 53.1 Å². The molecule has 31 heavy (non-hydrogen) atoms. The summed E-state index contributed by atoms with van der Waals surface area (Å²) in [4.78, 5) is 23.3. The fraction of sp³-hybridized carbons (Fsp3) is 0.360. The molecule has 0 aromatic heterocycles. The number of benzene rings is 2. The van der Waals surface area contributed by atoms with Gasteiger partial charge in [-0.3, -0.25) is 9.59 Å². The van der Waals surface area contributed by atoms with Crippen molar-refractivity contribution in [3.05, 3.63) is 40.5 Å². The molecule has 0 saturated carbocycles. The van der Waals surface area contributed by atoms with Crippen LogP contribution >= 0.6 is 0 Å². The molecule has 4 rings (SSSR count). The summed E-state index contributed by atoms with van der Waals surface area (Å²) in [6.07, 6.45) is 5.70. The molecular formula is C25H26O6. The van der Waals surface area contributed by atoms with Gasteiger partial charge in [0.15, 0.2) is 11.5 Å². The van der Waals surface area contributed by atoms with E-state index >= 15 is 0 Å². The van der Waals surface area contributed by atoms with Gasteiger partial charge in [0.05, 0.1) is 7.11 Å². The lowest BCUT2D eigenvalue weighted by Gasteiger charge is -2.34. The van der Waals surface area contributed by atoms with Crippen LogP contribution in [0.1, 0.15) is 49.9 Å². The van der Waals surface area contributed by atoms with Crippen LogP contribution in [0.4, 0.5) is 0 Å². The first-order chi connectivity index (χ1) is 14.6. The predicted molar refractivity (Wildman–Crippen MR) is 117 cm³/mol. The highest BCUT2D eigenvalue weighted by molar-refractivity contribution is 5.88. The average Bonchev–Trinajstić information content (AvgIpc) is 2.67. The second-order valence-electron chi connectivity index (χ2n) is 8.44. The molecule has 0 bridgehead atoms. The summed E-state index contributed by atoms with van der Waals surface area (Å²) in [6.45, 7) is 8.67. The van der Waals surface area contributed by atoms with E-state index in [2.05, 4.69) is 12.2 Å². The lowest BCUT2D eigenvalue weighted by molar-refractivity contribution is -0.134. The number of hydrogen-bond donors (Lipinski definition) is 0. The Labute approximate surface area is 181 Å². The molecule has 6 nitrogen and oxygen atoms in total. The van der Waals surface area contributed by atoms with Crippen LogP contribution in [0.5, 0.6) is 23.0 Å². The zero-order chi connectivity index (χ0) is 22.5. The Morgan fingerprint density at radius 1 is 1.03 bits per heavy atom. The minimum atomic E-state index is -0.489. The van der Waals surface area contributed by atoms with Crippen molar-refractivity contribution in [1.82, 2.24) is 0 Å². The molecule has 0 spiro atoms. The van der Waals surface area contributed by atoms with E-state index in [0.29, 0.717) is 0 Å². The third-order valence-electron chi connectivity index (χ3n) is 5.59. The Balaban J connectivity index is 1.98. The molecule has 1 heterocycles. The van der Waals surface area contributed by atoms with Crippen LogP contribution in [0.3, 0.4) is 0 Å². The lowest BCUT2D eigenvalue weighted by Crippen LogP contribution is -2.29.